The fourth-order valence-electron chi connectivity index (χ4n) is 2.76. The van der Waals surface area contributed by atoms with E-state index in [1.165, 1.54) is 5.56 Å². The average molecular weight is 329 g/mol. The van der Waals surface area contributed by atoms with Gasteiger partial charge in [-0.1, -0.05) is 13.8 Å². The van der Waals surface area contributed by atoms with Crippen molar-refractivity contribution in [3.8, 4) is 11.5 Å². The van der Waals surface area contributed by atoms with Gasteiger partial charge in [0, 0.05) is 5.88 Å². The van der Waals surface area contributed by atoms with E-state index in [1.54, 1.807) is 14.2 Å². The number of ether oxygens (including phenoxy) is 4. The lowest BCUT2D eigenvalue weighted by molar-refractivity contribution is -0.0373. The lowest BCUT2D eigenvalue weighted by Gasteiger charge is -2.22. The number of methoxy groups -OCH3 is 2. The average Bonchev–Trinajstić information content (AvgIpc) is 2.61. The molecule has 1 aliphatic rings. The molecule has 1 aliphatic heterocycles. The molecule has 0 radical (unpaired) electrons. The number of fused-ring (bicyclic) bond motifs is 1. The Kier molecular flexibility index (Phi) is 5.95. The molecule has 5 heteroatoms. The second-order valence-electron chi connectivity index (χ2n) is 6.31. The molecule has 0 bridgehead atoms. The number of hydrogen-bond acceptors (Lipinski definition) is 4. The minimum Gasteiger partial charge on any atom is -0.493 e. The van der Waals surface area contributed by atoms with Gasteiger partial charge in [0.25, 0.3) is 0 Å². The lowest BCUT2D eigenvalue weighted by Crippen LogP contribution is -2.21. The summed E-state index contributed by atoms with van der Waals surface area (Å²) in [6, 6.07) is 4.06. The SMILES string of the molecule is COc1cc2c(cc1OC)C(COCCCl)OCC(C)(C)C2. The van der Waals surface area contributed by atoms with E-state index in [2.05, 4.69) is 19.9 Å². The van der Waals surface area contributed by atoms with Crippen molar-refractivity contribution in [2.45, 2.75) is 26.4 Å². The molecule has 124 valence electrons. The largest absolute Gasteiger partial charge is 0.493 e. The van der Waals surface area contributed by atoms with E-state index in [0.29, 0.717) is 31.5 Å². The number of rotatable bonds is 6. The molecule has 1 heterocycles. The first-order valence-electron chi connectivity index (χ1n) is 7.51. The fraction of sp³-hybridized carbons (Fsp3) is 0.647. The van der Waals surface area contributed by atoms with Crippen LogP contribution in [0.2, 0.25) is 0 Å². The van der Waals surface area contributed by atoms with Crippen LogP contribution in [0.1, 0.15) is 31.1 Å². The van der Waals surface area contributed by atoms with E-state index in [9.17, 15) is 0 Å². The molecule has 0 aliphatic carbocycles. The molecule has 0 spiro atoms. The lowest BCUT2D eigenvalue weighted by atomic mass is 9.85. The Labute approximate surface area is 137 Å². The zero-order chi connectivity index (χ0) is 16.2. The highest BCUT2D eigenvalue weighted by atomic mass is 35.5. The van der Waals surface area contributed by atoms with E-state index in [0.717, 1.165) is 17.7 Å². The summed E-state index contributed by atoms with van der Waals surface area (Å²) in [5, 5.41) is 0. The maximum Gasteiger partial charge on any atom is 0.161 e. The van der Waals surface area contributed by atoms with Crippen molar-refractivity contribution in [3.63, 3.8) is 0 Å². The van der Waals surface area contributed by atoms with Crippen LogP contribution in [0.4, 0.5) is 0 Å². The van der Waals surface area contributed by atoms with Crippen molar-refractivity contribution < 1.29 is 18.9 Å². The van der Waals surface area contributed by atoms with Crippen LogP contribution < -0.4 is 9.47 Å². The molecule has 0 fully saturated rings. The van der Waals surface area contributed by atoms with Gasteiger partial charge in [0.2, 0.25) is 0 Å². The van der Waals surface area contributed by atoms with Crippen molar-refractivity contribution in [3.05, 3.63) is 23.3 Å². The number of alkyl halides is 1. The predicted octanol–water partition coefficient (Wildman–Crippen LogP) is 3.60. The fourth-order valence-corrected chi connectivity index (χ4v) is 2.86. The highest BCUT2D eigenvalue weighted by Crippen LogP contribution is 2.40. The van der Waals surface area contributed by atoms with Gasteiger partial charge in [-0.05, 0) is 35.1 Å². The Morgan fingerprint density at radius 2 is 1.91 bits per heavy atom. The monoisotopic (exact) mass is 328 g/mol. The smallest absolute Gasteiger partial charge is 0.161 e. The molecule has 4 nitrogen and oxygen atoms in total. The van der Waals surface area contributed by atoms with Gasteiger partial charge in [-0.15, -0.1) is 11.6 Å². The second kappa shape index (κ2) is 7.53. The Morgan fingerprint density at radius 3 is 2.55 bits per heavy atom. The molecule has 0 amide bonds. The molecule has 0 aromatic heterocycles. The normalized spacial score (nSPS) is 20.1. The third kappa shape index (κ3) is 4.06. The van der Waals surface area contributed by atoms with E-state index in [-0.39, 0.29) is 11.5 Å². The van der Waals surface area contributed by atoms with Crippen LogP contribution >= 0.6 is 11.6 Å². The van der Waals surface area contributed by atoms with Gasteiger partial charge < -0.3 is 18.9 Å². The molecular weight excluding hydrogens is 304 g/mol. The topological polar surface area (TPSA) is 36.9 Å². The summed E-state index contributed by atoms with van der Waals surface area (Å²) in [5.74, 6) is 1.95. The predicted molar refractivity (Wildman–Crippen MR) is 87.3 cm³/mol. The second-order valence-corrected chi connectivity index (χ2v) is 6.69. The van der Waals surface area contributed by atoms with Gasteiger partial charge in [0.1, 0.15) is 6.10 Å². The standard InChI is InChI=1S/C17H25ClO4/c1-17(2)9-12-7-14(19-3)15(20-4)8-13(12)16(22-11-17)10-21-6-5-18/h7-8,16H,5-6,9-11H2,1-4H3. The van der Waals surface area contributed by atoms with Gasteiger partial charge in [0.05, 0.1) is 34.0 Å². The number of hydrogen-bond donors (Lipinski definition) is 0. The van der Waals surface area contributed by atoms with Crippen LogP contribution in [0.3, 0.4) is 0 Å². The van der Waals surface area contributed by atoms with E-state index >= 15 is 0 Å². The van der Waals surface area contributed by atoms with E-state index < -0.39 is 0 Å². The Bertz CT molecular complexity index is 502. The van der Waals surface area contributed by atoms with Crippen molar-refractivity contribution >= 4 is 11.6 Å². The maximum absolute atomic E-state index is 6.10. The summed E-state index contributed by atoms with van der Waals surface area (Å²) in [4.78, 5) is 0. The van der Waals surface area contributed by atoms with E-state index in [4.69, 9.17) is 30.5 Å². The van der Waals surface area contributed by atoms with Crippen LogP contribution in [0.15, 0.2) is 12.1 Å². The first kappa shape index (κ1) is 17.4. The van der Waals surface area contributed by atoms with Crippen LogP contribution in [-0.4, -0.2) is 39.9 Å². The van der Waals surface area contributed by atoms with Crippen LogP contribution in [0, 0.1) is 5.41 Å². The Hall–Kier alpha value is -0.970. The molecule has 2 rings (SSSR count). The minimum atomic E-state index is -0.111. The van der Waals surface area contributed by atoms with Gasteiger partial charge in [-0.3, -0.25) is 0 Å². The minimum absolute atomic E-state index is 0.0651. The molecular formula is C17H25ClO4. The summed E-state index contributed by atoms with van der Waals surface area (Å²) >= 11 is 5.68. The first-order chi connectivity index (χ1) is 10.5. The summed E-state index contributed by atoms with van der Waals surface area (Å²) in [6.45, 7) is 6.10. The Morgan fingerprint density at radius 1 is 1.23 bits per heavy atom. The molecule has 0 N–H and O–H groups in total. The molecule has 22 heavy (non-hydrogen) atoms. The highest BCUT2D eigenvalue weighted by Gasteiger charge is 2.30. The van der Waals surface area contributed by atoms with Crippen molar-refractivity contribution in [2.24, 2.45) is 5.41 Å². The molecule has 1 atom stereocenters. The molecule has 1 aromatic rings. The van der Waals surface area contributed by atoms with Gasteiger partial charge in [-0.25, -0.2) is 0 Å². The number of benzene rings is 1. The van der Waals surface area contributed by atoms with Gasteiger partial charge >= 0.3 is 0 Å². The quantitative estimate of drug-likeness (QED) is 0.590. The van der Waals surface area contributed by atoms with Crippen LogP contribution in [0.25, 0.3) is 0 Å². The zero-order valence-corrected chi connectivity index (χ0v) is 14.5. The third-order valence-electron chi connectivity index (χ3n) is 3.83. The van der Waals surface area contributed by atoms with Crippen LogP contribution in [0.5, 0.6) is 11.5 Å². The van der Waals surface area contributed by atoms with Crippen molar-refractivity contribution in [1.82, 2.24) is 0 Å². The molecule has 0 saturated carbocycles. The summed E-state index contributed by atoms with van der Waals surface area (Å²) in [6.07, 6.45) is 0.814. The van der Waals surface area contributed by atoms with Gasteiger partial charge in [-0.2, -0.15) is 0 Å². The summed E-state index contributed by atoms with van der Waals surface area (Å²) in [7, 11) is 3.30. The Balaban J connectivity index is 2.37. The molecule has 0 saturated heterocycles. The highest BCUT2D eigenvalue weighted by molar-refractivity contribution is 6.17. The van der Waals surface area contributed by atoms with Gasteiger partial charge in [0.15, 0.2) is 11.5 Å². The van der Waals surface area contributed by atoms with Crippen LogP contribution in [-0.2, 0) is 15.9 Å². The first-order valence-corrected chi connectivity index (χ1v) is 8.04. The van der Waals surface area contributed by atoms with Crippen molar-refractivity contribution in [2.75, 3.05) is 39.9 Å². The van der Waals surface area contributed by atoms with E-state index in [1.807, 2.05) is 6.07 Å². The third-order valence-corrected chi connectivity index (χ3v) is 3.98. The zero-order valence-electron chi connectivity index (χ0n) is 13.8. The summed E-state index contributed by atoms with van der Waals surface area (Å²) < 4.78 is 22.6. The molecule has 1 unspecified atom stereocenters. The number of halogens is 1. The van der Waals surface area contributed by atoms with Crippen molar-refractivity contribution in [1.29, 1.82) is 0 Å². The maximum atomic E-state index is 6.10. The molecule has 1 aromatic carbocycles. The summed E-state index contributed by atoms with van der Waals surface area (Å²) in [5.41, 5.74) is 2.40.